The van der Waals surface area contributed by atoms with Crippen molar-refractivity contribution in [3.8, 4) is 17.0 Å². The second-order valence-corrected chi connectivity index (χ2v) is 7.62. The van der Waals surface area contributed by atoms with Gasteiger partial charge in [0.2, 0.25) is 0 Å². The summed E-state index contributed by atoms with van der Waals surface area (Å²) in [6.45, 7) is 2.45. The molecule has 0 saturated carbocycles. The van der Waals surface area contributed by atoms with E-state index in [4.69, 9.17) is 4.74 Å². The van der Waals surface area contributed by atoms with Crippen LogP contribution in [-0.2, 0) is 0 Å². The Balaban J connectivity index is 1.49. The number of nitrogens with zero attached hydrogens (tertiary/aromatic N) is 3. The van der Waals surface area contributed by atoms with Crippen molar-refractivity contribution in [1.29, 1.82) is 0 Å². The van der Waals surface area contributed by atoms with Crippen LogP contribution in [0.5, 0.6) is 5.75 Å². The van der Waals surface area contributed by atoms with Crippen LogP contribution in [0, 0.1) is 12.7 Å². The highest BCUT2D eigenvalue weighted by Crippen LogP contribution is 2.35. The molecular weight excluding hydrogens is 375 g/mol. The van der Waals surface area contributed by atoms with Crippen molar-refractivity contribution in [3.05, 3.63) is 65.2 Å². The third-order valence-corrected chi connectivity index (χ3v) is 5.59. The largest absolute Gasteiger partial charge is 0.493 e. The van der Waals surface area contributed by atoms with Crippen molar-refractivity contribution in [1.82, 2.24) is 15.0 Å². The molecule has 140 valence electrons. The molecule has 2 aromatic heterocycles. The van der Waals surface area contributed by atoms with Crippen LogP contribution < -0.4 is 10.1 Å². The van der Waals surface area contributed by atoms with Crippen LogP contribution in [0.2, 0.25) is 0 Å². The molecule has 3 heterocycles. The van der Waals surface area contributed by atoms with Gasteiger partial charge in [-0.25, -0.2) is 19.3 Å². The maximum Gasteiger partial charge on any atom is 0.130 e. The van der Waals surface area contributed by atoms with E-state index in [2.05, 4.69) is 26.3 Å². The minimum absolute atomic E-state index is 0.0643. The van der Waals surface area contributed by atoms with Crippen molar-refractivity contribution in [3.63, 3.8) is 0 Å². The molecule has 1 N–H and O–H groups in total. The molecule has 0 radical (unpaired) electrons. The number of ether oxygens (including phenoxy) is 1. The fourth-order valence-corrected chi connectivity index (χ4v) is 4.21. The fraction of sp³-hybridized carbons (Fsp3) is 0.190. The van der Waals surface area contributed by atoms with Crippen molar-refractivity contribution in [2.45, 2.75) is 19.4 Å². The zero-order valence-electron chi connectivity index (χ0n) is 15.1. The van der Waals surface area contributed by atoms with E-state index in [9.17, 15) is 4.39 Å². The zero-order chi connectivity index (χ0) is 19.1. The summed E-state index contributed by atoms with van der Waals surface area (Å²) in [6.07, 6.45) is 0.738. The van der Waals surface area contributed by atoms with E-state index < -0.39 is 0 Å². The van der Waals surface area contributed by atoms with Crippen LogP contribution in [0.25, 0.3) is 21.5 Å². The number of benzene rings is 2. The summed E-state index contributed by atoms with van der Waals surface area (Å²) >= 11 is 1.61. The van der Waals surface area contributed by atoms with Gasteiger partial charge in [-0.2, -0.15) is 0 Å². The van der Waals surface area contributed by atoms with Gasteiger partial charge in [-0.05, 0) is 37.3 Å². The molecule has 0 fully saturated rings. The maximum atomic E-state index is 13.7. The van der Waals surface area contributed by atoms with E-state index in [0.717, 1.165) is 33.5 Å². The lowest BCUT2D eigenvalue weighted by atomic mass is 10.0. The predicted octanol–water partition coefficient (Wildman–Crippen LogP) is 5.14. The Bertz CT molecular complexity index is 1180. The normalized spacial score (nSPS) is 15.9. The van der Waals surface area contributed by atoms with E-state index >= 15 is 0 Å². The monoisotopic (exact) mass is 392 g/mol. The first-order valence-electron chi connectivity index (χ1n) is 9.04. The average molecular weight is 392 g/mol. The third-order valence-electron chi connectivity index (χ3n) is 4.80. The van der Waals surface area contributed by atoms with Gasteiger partial charge in [-0.15, -0.1) is 11.3 Å². The lowest BCUT2D eigenvalue weighted by molar-refractivity contribution is 0.273. The Morgan fingerprint density at radius 3 is 3.00 bits per heavy atom. The number of aryl methyl sites for hydroxylation is 1. The van der Waals surface area contributed by atoms with Gasteiger partial charge in [-0.1, -0.05) is 6.07 Å². The number of aromatic nitrogens is 3. The molecular formula is C21H17FN4OS. The molecule has 0 aliphatic carbocycles. The maximum absolute atomic E-state index is 13.7. The van der Waals surface area contributed by atoms with E-state index in [-0.39, 0.29) is 11.9 Å². The molecule has 4 aromatic rings. The molecule has 0 spiro atoms. The molecule has 5 rings (SSSR count). The molecule has 0 saturated heterocycles. The van der Waals surface area contributed by atoms with Crippen LogP contribution in [-0.4, -0.2) is 21.6 Å². The summed E-state index contributed by atoms with van der Waals surface area (Å²) in [5.41, 5.74) is 5.50. The van der Waals surface area contributed by atoms with Crippen molar-refractivity contribution >= 4 is 27.4 Å². The minimum Gasteiger partial charge on any atom is -0.493 e. The SMILES string of the molecule is Cc1nc(NC2CCOc3ccc(F)cc32)cc(-c2ccc3ncsc3c2)n1. The Morgan fingerprint density at radius 1 is 1.14 bits per heavy atom. The first-order valence-corrected chi connectivity index (χ1v) is 9.92. The molecule has 7 heteroatoms. The Morgan fingerprint density at radius 2 is 2.07 bits per heavy atom. The lowest BCUT2D eigenvalue weighted by Gasteiger charge is -2.27. The molecule has 0 amide bonds. The van der Waals surface area contributed by atoms with Gasteiger partial charge in [0, 0.05) is 23.6 Å². The number of hydrogen-bond donors (Lipinski definition) is 1. The topological polar surface area (TPSA) is 59.9 Å². The average Bonchev–Trinajstić information content (AvgIpc) is 3.16. The molecule has 1 aliphatic rings. The summed E-state index contributed by atoms with van der Waals surface area (Å²) in [4.78, 5) is 13.5. The Labute approximate surface area is 165 Å². The first-order chi connectivity index (χ1) is 13.7. The van der Waals surface area contributed by atoms with Gasteiger partial charge in [0.15, 0.2) is 0 Å². The number of anilines is 1. The van der Waals surface area contributed by atoms with E-state index in [1.807, 2.05) is 30.6 Å². The molecule has 2 aromatic carbocycles. The van der Waals surface area contributed by atoms with Crippen LogP contribution in [0.4, 0.5) is 10.2 Å². The van der Waals surface area contributed by atoms with Crippen molar-refractivity contribution in [2.24, 2.45) is 0 Å². The predicted molar refractivity (Wildman–Crippen MR) is 108 cm³/mol. The second-order valence-electron chi connectivity index (χ2n) is 6.74. The summed E-state index contributed by atoms with van der Waals surface area (Å²) in [7, 11) is 0. The highest BCUT2D eigenvalue weighted by molar-refractivity contribution is 7.16. The first kappa shape index (κ1) is 17.1. The highest BCUT2D eigenvalue weighted by atomic mass is 32.1. The van der Waals surface area contributed by atoms with Gasteiger partial charge in [0.05, 0.1) is 34.1 Å². The van der Waals surface area contributed by atoms with Crippen molar-refractivity contribution < 1.29 is 9.13 Å². The third kappa shape index (κ3) is 3.18. The second kappa shape index (κ2) is 6.83. The molecule has 0 bridgehead atoms. The van der Waals surface area contributed by atoms with E-state index in [0.29, 0.717) is 24.0 Å². The van der Waals surface area contributed by atoms with Crippen LogP contribution >= 0.6 is 11.3 Å². The number of thiazole rings is 1. The Kier molecular flexibility index (Phi) is 4.16. The quantitative estimate of drug-likeness (QED) is 0.523. The van der Waals surface area contributed by atoms with Gasteiger partial charge in [-0.3, -0.25) is 0 Å². The van der Waals surface area contributed by atoms with Crippen molar-refractivity contribution in [2.75, 3.05) is 11.9 Å². The number of nitrogens with one attached hydrogen (secondary N) is 1. The summed E-state index contributed by atoms with van der Waals surface area (Å²) in [5.74, 6) is 1.84. The molecule has 1 aliphatic heterocycles. The molecule has 5 nitrogen and oxygen atoms in total. The minimum atomic E-state index is -0.270. The standard InChI is InChI=1S/C21H17FN4OS/c1-12-24-18(13-2-4-17-20(8-13)28-11-23-17)10-21(25-12)26-16-6-7-27-19-5-3-14(22)9-15(16)19/h2-5,8-11,16H,6-7H2,1H3,(H,24,25,26). The van der Waals surface area contributed by atoms with Crippen LogP contribution in [0.15, 0.2) is 48.0 Å². The zero-order valence-corrected chi connectivity index (χ0v) is 16.0. The summed E-state index contributed by atoms with van der Waals surface area (Å²) < 4.78 is 20.5. The lowest BCUT2D eigenvalue weighted by Crippen LogP contribution is -2.21. The van der Waals surface area contributed by atoms with Gasteiger partial charge in [0.1, 0.15) is 23.2 Å². The van der Waals surface area contributed by atoms with E-state index in [1.54, 1.807) is 17.4 Å². The highest BCUT2D eigenvalue weighted by Gasteiger charge is 2.22. The number of fused-ring (bicyclic) bond motifs is 2. The molecule has 1 unspecified atom stereocenters. The van der Waals surface area contributed by atoms with Gasteiger partial charge in [0.25, 0.3) is 0 Å². The summed E-state index contributed by atoms with van der Waals surface area (Å²) in [6, 6.07) is 12.6. The summed E-state index contributed by atoms with van der Waals surface area (Å²) in [5, 5.41) is 3.44. The number of hydrogen-bond acceptors (Lipinski definition) is 6. The molecule has 28 heavy (non-hydrogen) atoms. The van der Waals surface area contributed by atoms with Crippen LogP contribution in [0.1, 0.15) is 23.9 Å². The number of halogens is 1. The number of rotatable bonds is 3. The molecule has 1 atom stereocenters. The smallest absolute Gasteiger partial charge is 0.130 e. The van der Waals surface area contributed by atoms with E-state index in [1.165, 1.54) is 12.1 Å². The van der Waals surface area contributed by atoms with Crippen LogP contribution in [0.3, 0.4) is 0 Å². The fourth-order valence-electron chi connectivity index (χ4n) is 3.50. The van der Waals surface area contributed by atoms with Gasteiger partial charge >= 0.3 is 0 Å². The van der Waals surface area contributed by atoms with Gasteiger partial charge < -0.3 is 10.1 Å². The Hall–Kier alpha value is -3.06.